The second-order valence-corrected chi connectivity index (χ2v) is 4.85. The third-order valence-corrected chi connectivity index (χ3v) is 3.57. The Balaban J connectivity index is 0.00000220. The van der Waals surface area contributed by atoms with Crippen molar-refractivity contribution in [3.63, 3.8) is 0 Å². The Morgan fingerprint density at radius 1 is 1.38 bits per heavy atom. The third kappa shape index (κ3) is 5.07. The van der Waals surface area contributed by atoms with Gasteiger partial charge in [-0.25, -0.2) is 0 Å². The zero-order valence-electron chi connectivity index (χ0n) is 11.9. The molecule has 0 amide bonds. The van der Waals surface area contributed by atoms with E-state index in [-0.39, 0.29) is 30.3 Å². The molecule has 0 radical (unpaired) electrons. The summed E-state index contributed by atoms with van der Waals surface area (Å²) in [6.07, 6.45) is 0.0626. The number of morpholine rings is 1. The minimum Gasteiger partial charge on any atom is -0.435 e. The number of nitrogens with zero attached hydrogens (tertiary/aromatic N) is 1. The van der Waals surface area contributed by atoms with E-state index < -0.39 is 6.61 Å². The first-order valence-corrected chi connectivity index (χ1v) is 6.70. The molecule has 0 aliphatic carbocycles. The van der Waals surface area contributed by atoms with Crippen molar-refractivity contribution < 1.29 is 18.3 Å². The first kappa shape index (κ1) is 18.1. The topological polar surface area (TPSA) is 47.7 Å². The molecule has 120 valence electrons. The van der Waals surface area contributed by atoms with Crippen molar-refractivity contribution in [1.82, 2.24) is 4.90 Å². The fourth-order valence-corrected chi connectivity index (χ4v) is 2.38. The van der Waals surface area contributed by atoms with E-state index in [4.69, 9.17) is 10.5 Å². The predicted molar refractivity (Wildman–Crippen MR) is 79.1 cm³/mol. The summed E-state index contributed by atoms with van der Waals surface area (Å²) < 4.78 is 34.1. The van der Waals surface area contributed by atoms with Crippen LogP contribution in [-0.4, -0.2) is 43.9 Å². The van der Waals surface area contributed by atoms with Crippen LogP contribution in [0.3, 0.4) is 0 Å². The SMILES string of the molecule is CC(c1ccc(OC(F)F)cc1)N1CCOC(CN)C1.Cl. The van der Waals surface area contributed by atoms with Crippen LogP contribution in [0.4, 0.5) is 8.78 Å². The molecular weight excluding hydrogens is 302 g/mol. The Hall–Kier alpha value is -0.950. The standard InChI is InChI=1S/C14H20F2N2O2.ClH/c1-10(18-6-7-19-13(8-17)9-18)11-2-4-12(5-3-11)20-14(15)16;/h2-5,10,13-14H,6-9,17H2,1H3;1H. The van der Waals surface area contributed by atoms with Gasteiger partial charge < -0.3 is 15.2 Å². The summed E-state index contributed by atoms with van der Waals surface area (Å²) in [5.41, 5.74) is 6.69. The van der Waals surface area contributed by atoms with Gasteiger partial charge in [-0.3, -0.25) is 4.90 Å². The first-order valence-electron chi connectivity index (χ1n) is 6.70. The maximum absolute atomic E-state index is 12.1. The van der Waals surface area contributed by atoms with Crippen LogP contribution in [0.15, 0.2) is 24.3 Å². The van der Waals surface area contributed by atoms with Gasteiger partial charge in [-0.15, -0.1) is 12.4 Å². The lowest BCUT2D eigenvalue weighted by atomic mass is 10.1. The van der Waals surface area contributed by atoms with E-state index >= 15 is 0 Å². The lowest BCUT2D eigenvalue weighted by Crippen LogP contribution is -2.46. The van der Waals surface area contributed by atoms with Gasteiger partial charge in [-0.05, 0) is 24.6 Å². The quantitative estimate of drug-likeness (QED) is 0.904. The van der Waals surface area contributed by atoms with Gasteiger partial charge in [0.05, 0.1) is 12.7 Å². The predicted octanol–water partition coefficient (Wildman–Crippen LogP) is 2.43. The normalized spacial score (nSPS) is 20.9. The van der Waals surface area contributed by atoms with Gasteiger partial charge in [0.1, 0.15) is 5.75 Å². The second-order valence-electron chi connectivity index (χ2n) is 4.85. The Morgan fingerprint density at radius 3 is 2.62 bits per heavy atom. The molecule has 2 unspecified atom stereocenters. The van der Waals surface area contributed by atoms with Gasteiger partial charge in [0.25, 0.3) is 0 Å². The van der Waals surface area contributed by atoms with Gasteiger partial charge in [0.15, 0.2) is 0 Å². The number of rotatable bonds is 5. The van der Waals surface area contributed by atoms with Crippen molar-refractivity contribution in [3.05, 3.63) is 29.8 Å². The fraction of sp³-hybridized carbons (Fsp3) is 0.571. The van der Waals surface area contributed by atoms with E-state index in [1.54, 1.807) is 12.1 Å². The Kier molecular flexibility index (Phi) is 7.31. The van der Waals surface area contributed by atoms with Crippen molar-refractivity contribution in [2.45, 2.75) is 25.7 Å². The average Bonchev–Trinajstić information content (AvgIpc) is 2.47. The highest BCUT2D eigenvalue weighted by atomic mass is 35.5. The fourth-order valence-electron chi connectivity index (χ4n) is 2.38. The van der Waals surface area contributed by atoms with E-state index in [0.29, 0.717) is 13.2 Å². The first-order chi connectivity index (χ1) is 9.60. The van der Waals surface area contributed by atoms with Crippen molar-refractivity contribution in [3.8, 4) is 5.75 Å². The molecule has 0 aromatic heterocycles. The third-order valence-electron chi connectivity index (χ3n) is 3.57. The zero-order chi connectivity index (χ0) is 14.5. The molecular formula is C14H21ClF2N2O2. The smallest absolute Gasteiger partial charge is 0.387 e. The van der Waals surface area contributed by atoms with Gasteiger partial charge in [-0.1, -0.05) is 12.1 Å². The molecule has 2 N–H and O–H groups in total. The number of alkyl halides is 2. The largest absolute Gasteiger partial charge is 0.435 e. The molecule has 2 atom stereocenters. The highest BCUT2D eigenvalue weighted by Crippen LogP contribution is 2.25. The van der Waals surface area contributed by atoms with Gasteiger partial charge in [-0.2, -0.15) is 8.78 Å². The number of benzene rings is 1. The molecule has 1 heterocycles. The zero-order valence-corrected chi connectivity index (χ0v) is 12.7. The molecule has 0 spiro atoms. The minimum atomic E-state index is -2.79. The van der Waals surface area contributed by atoms with Crippen molar-refractivity contribution in [2.75, 3.05) is 26.2 Å². The summed E-state index contributed by atoms with van der Waals surface area (Å²) in [7, 11) is 0. The summed E-state index contributed by atoms with van der Waals surface area (Å²) in [6, 6.07) is 6.95. The van der Waals surface area contributed by atoms with E-state index in [0.717, 1.165) is 18.7 Å². The summed E-state index contributed by atoms with van der Waals surface area (Å²) in [5.74, 6) is 0.178. The molecule has 1 aliphatic rings. The lowest BCUT2D eigenvalue weighted by Gasteiger charge is -2.36. The summed E-state index contributed by atoms with van der Waals surface area (Å²) >= 11 is 0. The highest BCUT2D eigenvalue weighted by molar-refractivity contribution is 5.85. The molecule has 7 heteroatoms. The van der Waals surface area contributed by atoms with Crippen LogP contribution in [0.5, 0.6) is 5.75 Å². The summed E-state index contributed by atoms with van der Waals surface area (Å²) in [4.78, 5) is 2.28. The summed E-state index contributed by atoms with van der Waals surface area (Å²) in [6.45, 7) is 2.09. The van der Waals surface area contributed by atoms with Crippen molar-refractivity contribution in [2.24, 2.45) is 5.73 Å². The number of hydrogen-bond donors (Lipinski definition) is 1. The molecule has 4 nitrogen and oxygen atoms in total. The summed E-state index contributed by atoms with van der Waals surface area (Å²) in [5, 5.41) is 0. The maximum Gasteiger partial charge on any atom is 0.387 e. The average molecular weight is 323 g/mol. The van der Waals surface area contributed by atoms with Crippen molar-refractivity contribution >= 4 is 12.4 Å². The lowest BCUT2D eigenvalue weighted by molar-refractivity contribution is -0.0499. The van der Waals surface area contributed by atoms with Gasteiger partial charge in [0.2, 0.25) is 0 Å². The second kappa shape index (κ2) is 8.48. The molecule has 1 aliphatic heterocycles. The van der Waals surface area contributed by atoms with Crippen molar-refractivity contribution in [1.29, 1.82) is 0 Å². The van der Waals surface area contributed by atoms with E-state index in [1.807, 2.05) is 12.1 Å². The molecule has 0 saturated carbocycles. The molecule has 1 aromatic carbocycles. The molecule has 21 heavy (non-hydrogen) atoms. The van der Waals surface area contributed by atoms with Crippen LogP contribution in [0.2, 0.25) is 0 Å². The van der Waals surface area contributed by atoms with E-state index in [9.17, 15) is 8.78 Å². The number of ether oxygens (including phenoxy) is 2. The van der Waals surface area contributed by atoms with E-state index in [1.165, 1.54) is 0 Å². The van der Waals surface area contributed by atoms with Crippen LogP contribution in [0.25, 0.3) is 0 Å². The molecule has 1 saturated heterocycles. The minimum absolute atomic E-state index is 0. The van der Waals surface area contributed by atoms with Crippen LogP contribution >= 0.6 is 12.4 Å². The maximum atomic E-state index is 12.1. The Bertz CT molecular complexity index is 420. The number of halogens is 3. The van der Waals surface area contributed by atoms with Crippen LogP contribution in [0.1, 0.15) is 18.5 Å². The van der Waals surface area contributed by atoms with Crippen LogP contribution in [-0.2, 0) is 4.74 Å². The van der Waals surface area contributed by atoms with Gasteiger partial charge in [0, 0.05) is 25.7 Å². The molecule has 1 aromatic rings. The molecule has 0 bridgehead atoms. The number of nitrogens with two attached hydrogens (primary N) is 1. The Morgan fingerprint density at radius 2 is 2.05 bits per heavy atom. The van der Waals surface area contributed by atoms with Crippen LogP contribution in [0, 0.1) is 0 Å². The van der Waals surface area contributed by atoms with Crippen LogP contribution < -0.4 is 10.5 Å². The van der Waals surface area contributed by atoms with Gasteiger partial charge >= 0.3 is 6.61 Å². The number of hydrogen-bond acceptors (Lipinski definition) is 4. The monoisotopic (exact) mass is 322 g/mol. The Labute approximate surface area is 129 Å². The molecule has 2 rings (SSSR count). The highest BCUT2D eigenvalue weighted by Gasteiger charge is 2.24. The van der Waals surface area contributed by atoms with E-state index in [2.05, 4.69) is 16.6 Å². The molecule has 1 fully saturated rings.